The lowest BCUT2D eigenvalue weighted by Crippen LogP contribution is -2.68. The number of esters is 1. The number of rotatable bonds is 10. The summed E-state index contributed by atoms with van der Waals surface area (Å²) in [6, 6.07) is 28.9. The Morgan fingerprint density at radius 3 is 1.90 bits per heavy atom. The van der Waals surface area contributed by atoms with Gasteiger partial charge in [0.25, 0.3) is 8.32 Å². The Kier molecular flexibility index (Phi) is 10.1. The molecule has 1 aliphatic rings. The first kappa shape index (κ1) is 31.0. The fourth-order valence-corrected chi connectivity index (χ4v) is 10.6. The summed E-state index contributed by atoms with van der Waals surface area (Å²) in [5.41, 5.74) is 1.03. The minimum absolute atomic E-state index is 0.103. The molecule has 7 heteroatoms. The van der Waals surface area contributed by atoms with Crippen molar-refractivity contribution in [3.8, 4) is 5.75 Å². The van der Waals surface area contributed by atoms with Crippen molar-refractivity contribution in [2.75, 3.05) is 13.7 Å². The molecule has 0 aromatic heterocycles. The lowest BCUT2D eigenvalue weighted by Gasteiger charge is -2.47. The van der Waals surface area contributed by atoms with E-state index in [2.05, 4.69) is 76.2 Å². The molecule has 1 heterocycles. The summed E-state index contributed by atoms with van der Waals surface area (Å²) in [4.78, 5) is 12.3. The van der Waals surface area contributed by atoms with Crippen molar-refractivity contribution in [1.29, 1.82) is 0 Å². The highest BCUT2D eigenvalue weighted by Gasteiger charge is 2.52. The summed E-state index contributed by atoms with van der Waals surface area (Å²) >= 11 is 0. The van der Waals surface area contributed by atoms with E-state index in [4.69, 9.17) is 23.4 Å². The predicted molar refractivity (Wildman–Crippen MR) is 164 cm³/mol. The van der Waals surface area contributed by atoms with Crippen LogP contribution in [0, 0.1) is 5.92 Å². The second-order valence-corrected chi connectivity index (χ2v) is 16.2. The fraction of sp³-hybridized carbons (Fsp3) is 0.441. The van der Waals surface area contributed by atoms with E-state index in [1.165, 1.54) is 17.3 Å². The molecule has 3 aromatic carbocycles. The summed E-state index contributed by atoms with van der Waals surface area (Å²) < 4.78 is 31.3. The Morgan fingerprint density at radius 2 is 1.41 bits per heavy atom. The molecule has 0 amide bonds. The molecule has 6 nitrogen and oxygen atoms in total. The van der Waals surface area contributed by atoms with Crippen molar-refractivity contribution in [3.05, 3.63) is 90.5 Å². The van der Waals surface area contributed by atoms with Crippen LogP contribution >= 0.6 is 0 Å². The first-order valence-corrected chi connectivity index (χ1v) is 16.3. The van der Waals surface area contributed by atoms with E-state index in [1.54, 1.807) is 7.11 Å². The molecule has 0 N–H and O–H groups in total. The molecule has 0 saturated carbocycles. The molecule has 0 radical (unpaired) electrons. The quantitative estimate of drug-likeness (QED) is 0.234. The number of carbonyl (C=O) groups is 1. The number of benzene rings is 3. The van der Waals surface area contributed by atoms with E-state index in [0.717, 1.165) is 11.3 Å². The maximum Gasteiger partial charge on any atom is 0.303 e. The van der Waals surface area contributed by atoms with Crippen LogP contribution in [0.5, 0.6) is 5.75 Å². The van der Waals surface area contributed by atoms with Crippen molar-refractivity contribution >= 4 is 24.7 Å². The summed E-state index contributed by atoms with van der Waals surface area (Å²) in [6.07, 6.45) is -1.43. The van der Waals surface area contributed by atoms with Gasteiger partial charge in [-0.05, 0) is 40.0 Å². The van der Waals surface area contributed by atoms with E-state index in [9.17, 15) is 4.79 Å². The van der Waals surface area contributed by atoms with E-state index in [1.807, 2.05) is 43.3 Å². The van der Waals surface area contributed by atoms with Gasteiger partial charge in [0, 0.05) is 12.8 Å². The molecule has 3 aromatic rings. The molecule has 5 unspecified atom stereocenters. The molecule has 1 aliphatic heterocycles. The van der Waals surface area contributed by atoms with Crippen LogP contribution in [0.3, 0.4) is 0 Å². The van der Waals surface area contributed by atoms with E-state index in [0.29, 0.717) is 13.2 Å². The van der Waals surface area contributed by atoms with Crippen molar-refractivity contribution in [3.63, 3.8) is 0 Å². The van der Waals surface area contributed by atoms with Gasteiger partial charge in [-0.25, -0.2) is 0 Å². The zero-order valence-electron chi connectivity index (χ0n) is 25.3. The molecule has 1 fully saturated rings. The summed E-state index contributed by atoms with van der Waals surface area (Å²) in [7, 11) is -1.14. The van der Waals surface area contributed by atoms with Gasteiger partial charge in [0.1, 0.15) is 18.0 Å². The number of carbonyl (C=O) groups excluding carboxylic acids is 1. The third kappa shape index (κ3) is 6.92. The zero-order valence-corrected chi connectivity index (χ0v) is 26.3. The van der Waals surface area contributed by atoms with Crippen LogP contribution in [0.4, 0.5) is 0 Å². The number of hydrogen-bond donors (Lipinski definition) is 0. The lowest BCUT2D eigenvalue weighted by molar-refractivity contribution is -0.225. The Labute approximate surface area is 246 Å². The monoisotopic (exact) mass is 576 g/mol. The Balaban J connectivity index is 1.60. The molecule has 220 valence electrons. The van der Waals surface area contributed by atoms with Gasteiger partial charge in [-0.2, -0.15) is 0 Å². The highest BCUT2D eigenvalue weighted by molar-refractivity contribution is 6.99. The first-order valence-electron chi connectivity index (χ1n) is 14.4. The summed E-state index contributed by atoms with van der Waals surface area (Å²) in [5, 5.41) is 2.21. The average Bonchev–Trinajstić information content (AvgIpc) is 2.95. The molecule has 5 atom stereocenters. The normalized spacial score (nSPS) is 23.1. The Morgan fingerprint density at radius 1 is 0.854 bits per heavy atom. The van der Waals surface area contributed by atoms with E-state index < -0.39 is 20.5 Å². The number of hydrogen-bond acceptors (Lipinski definition) is 6. The van der Waals surface area contributed by atoms with Gasteiger partial charge in [-0.15, -0.1) is 0 Å². The number of ether oxygens (including phenoxy) is 4. The van der Waals surface area contributed by atoms with Crippen LogP contribution in [0.2, 0.25) is 5.04 Å². The van der Waals surface area contributed by atoms with Gasteiger partial charge in [0.05, 0.1) is 32.5 Å². The molecular formula is C34H44O6Si. The van der Waals surface area contributed by atoms with Crippen LogP contribution in [0.25, 0.3) is 0 Å². The van der Waals surface area contributed by atoms with Gasteiger partial charge >= 0.3 is 5.97 Å². The van der Waals surface area contributed by atoms with E-state index in [-0.39, 0.29) is 29.1 Å². The van der Waals surface area contributed by atoms with Gasteiger partial charge in [0.15, 0.2) is 0 Å². The fourth-order valence-electron chi connectivity index (χ4n) is 6.06. The third-order valence-electron chi connectivity index (χ3n) is 8.04. The van der Waals surface area contributed by atoms with Crippen LogP contribution < -0.4 is 15.1 Å². The second kappa shape index (κ2) is 13.3. The minimum Gasteiger partial charge on any atom is -0.497 e. The topological polar surface area (TPSA) is 63.2 Å². The molecule has 41 heavy (non-hydrogen) atoms. The highest BCUT2D eigenvalue weighted by atomic mass is 28.4. The highest BCUT2D eigenvalue weighted by Crippen LogP contribution is 2.38. The Hall–Kier alpha value is -2.97. The largest absolute Gasteiger partial charge is 0.497 e. The molecular weight excluding hydrogens is 532 g/mol. The van der Waals surface area contributed by atoms with Crippen LogP contribution in [-0.4, -0.2) is 52.4 Å². The van der Waals surface area contributed by atoms with E-state index >= 15 is 0 Å². The van der Waals surface area contributed by atoms with Crippen LogP contribution in [0.1, 0.15) is 47.1 Å². The van der Waals surface area contributed by atoms with Crippen molar-refractivity contribution in [1.82, 2.24) is 0 Å². The van der Waals surface area contributed by atoms with Crippen molar-refractivity contribution in [2.45, 2.75) is 77.6 Å². The third-order valence-corrected chi connectivity index (χ3v) is 13.0. The zero-order chi connectivity index (χ0) is 29.6. The number of methoxy groups -OCH3 is 1. The molecule has 0 aliphatic carbocycles. The maximum atomic E-state index is 12.3. The lowest BCUT2D eigenvalue weighted by atomic mass is 9.87. The molecule has 0 spiro atoms. The SMILES string of the molecule is COc1ccc(COC2C(C)OC(CO[Si](c3ccccc3)(c3ccccc3)C(C)(C)C)C(OC(C)=O)C2C)cc1. The average molecular weight is 577 g/mol. The summed E-state index contributed by atoms with van der Waals surface area (Å²) in [5.74, 6) is 0.355. The van der Waals surface area contributed by atoms with Crippen molar-refractivity contribution in [2.24, 2.45) is 5.92 Å². The van der Waals surface area contributed by atoms with Gasteiger partial charge in [0.2, 0.25) is 0 Å². The Bertz CT molecular complexity index is 1200. The second-order valence-electron chi connectivity index (χ2n) is 11.9. The van der Waals surface area contributed by atoms with Crippen LogP contribution in [-0.2, 0) is 30.0 Å². The minimum atomic E-state index is -2.79. The molecule has 4 rings (SSSR count). The smallest absolute Gasteiger partial charge is 0.303 e. The van der Waals surface area contributed by atoms with Gasteiger partial charge < -0.3 is 23.4 Å². The maximum absolute atomic E-state index is 12.3. The predicted octanol–water partition coefficient (Wildman–Crippen LogP) is 5.51. The first-order chi connectivity index (χ1) is 19.6. The molecule has 1 saturated heterocycles. The molecule has 0 bridgehead atoms. The van der Waals surface area contributed by atoms with Crippen LogP contribution in [0.15, 0.2) is 84.9 Å². The van der Waals surface area contributed by atoms with Crippen molar-refractivity contribution < 1.29 is 28.2 Å². The standard InChI is InChI=1S/C34H44O6Si/c1-24-32(37-22-27-18-20-28(36-7)21-19-27)25(2)39-31(33(24)40-26(3)35)23-38-41(34(4,5)6,29-14-10-8-11-15-29)30-16-12-9-13-17-30/h8-21,24-25,31-33H,22-23H2,1-7H3. The van der Waals surface area contributed by atoms with Gasteiger partial charge in [-0.3, -0.25) is 4.79 Å². The summed E-state index contributed by atoms with van der Waals surface area (Å²) in [6.45, 7) is 13.0. The van der Waals surface area contributed by atoms with Gasteiger partial charge in [-0.1, -0.05) is 100 Å².